The third-order valence-electron chi connectivity index (χ3n) is 3.07. The first kappa shape index (κ1) is 18.5. The number of hydrogen-bond donors (Lipinski definition) is 2. The van der Waals surface area contributed by atoms with E-state index in [1.165, 1.54) is 6.21 Å². The Hall–Kier alpha value is -2.86. The van der Waals surface area contributed by atoms with Crippen molar-refractivity contribution in [2.75, 3.05) is 11.9 Å². The molecule has 2 aromatic rings. The van der Waals surface area contributed by atoms with Gasteiger partial charge in [-0.3, -0.25) is 9.59 Å². The van der Waals surface area contributed by atoms with Crippen LogP contribution in [-0.2, 0) is 9.59 Å². The quantitative estimate of drug-likeness (QED) is 0.452. The van der Waals surface area contributed by atoms with E-state index < -0.39 is 11.8 Å². The van der Waals surface area contributed by atoms with Crippen LogP contribution >= 0.6 is 11.6 Å². The summed E-state index contributed by atoms with van der Waals surface area (Å²) in [6, 6.07) is 14.0. The number of nitrogens with one attached hydrogen (secondary N) is 2. The van der Waals surface area contributed by atoms with Gasteiger partial charge in [-0.15, -0.1) is 0 Å². The summed E-state index contributed by atoms with van der Waals surface area (Å²) in [5.41, 5.74) is 3.55. The Labute approximate surface area is 150 Å². The van der Waals surface area contributed by atoms with E-state index in [2.05, 4.69) is 15.8 Å². The number of benzene rings is 2. The molecule has 0 heterocycles. The van der Waals surface area contributed by atoms with Crippen LogP contribution in [0.2, 0.25) is 5.02 Å². The molecule has 0 aliphatic heterocycles. The molecule has 2 aromatic carbocycles. The molecule has 0 fully saturated rings. The van der Waals surface area contributed by atoms with Crippen molar-refractivity contribution in [2.45, 2.75) is 13.3 Å². The Kier molecular flexibility index (Phi) is 6.98. The molecule has 0 atom stereocenters. The molecular weight excluding hydrogens is 342 g/mol. The molecule has 0 radical (unpaired) electrons. The fourth-order valence-corrected chi connectivity index (χ4v) is 2.13. The van der Waals surface area contributed by atoms with Crippen LogP contribution in [0.15, 0.2) is 53.6 Å². The molecular formula is C18H18ClN3O3. The Balaban J connectivity index is 1.80. The van der Waals surface area contributed by atoms with Crippen molar-refractivity contribution in [3.63, 3.8) is 0 Å². The van der Waals surface area contributed by atoms with Crippen molar-refractivity contribution in [3.05, 3.63) is 59.1 Å². The number of nitrogens with zero attached hydrogens (tertiary/aromatic N) is 1. The predicted octanol–water partition coefficient (Wildman–Crippen LogP) is 3.22. The number of amides is 2. The molecule has 2 rings (SSSR count). The predicted molar refractivity (Wildman–Crippen MR) is 98.0 cm³/mol. The summed E-state index contributed by atoms with van der Waals surface area (Å²) in [5, 5.41) is 6.94. The maximum absolute atomic E-state index is 11.8. The van der Waals surface area contributed by atoms with Crippen molar-refractivity contribution < 1.29 is 14.3 Å². The zero-order chi connectivity index (χ0) is 18.1. The summed E-state index contributed by atoms with van der Waals surface area (Å²) in [5.74, 6) is -0.242. The van der Waals surface area contributed by atoms with Crippen LogP contribution in [0, 0.1) is 0 Å². The molecule has 0 saturated heterocycles. The highest BCUT2D eigenvalue weighted by Crippen LogP contribution is 2.15. The number of halogens is 1. The van der Waals surface area contributed by atoms with Gasteiger partial charge in [0.05, 0.1) is 12.8 Å². The summed E-state index contributed by atoms with van der Waals surface area (Å²) < 4.78 is 5.32. The Morgan fingerprint density at radius 1 is 1.12 bits per heavy atom. The number of carbonyl (C=O) groups is 2. The minimum atomic E-state index is -0.522. The maximum atomic E-state index is 11.8. The molecule has 6 nitrogen and oxygen atoms in total. The zero-order valence-corrected chi connectivity index (χ0v) is 14.4. The third kappa shape index (κ3) is 6.27. The van der Waals surface area contributed by atoms with Gasteiger partial charge in [-0.1, -0.05) is 29.8 Å². The molecule has 0 aliphatic carbocycles. The number of carbonyl (C=O) groups excluding carboxylic acids is 2. The van der Waals surface area contributed by atoms with Crippen molar-refractivity contribution >= 4 is 35.3 Å². The SMILES string of the molecule is CCOc1ccc(NC(=O)CC(=O)NN=Cc2ccccc2Cl)cc1. The average molecular weight is 360 g/mol. The van der Waals surface area contributed by atoms with Crippen molar-refractivity contribution in [1.29, 1.82) is 0 Å². The Morgan fingerprint density at radius 2 is 1.84 bits per heavy atom. The van der Waals surface area contributed by atoms with Gasteiger partial charge in [-0.2, -0.15) is 5.10 Å². The van der Waals surface area contributed by atoms with Gasteiger partial charge < -0.3 is 10.1 Å². The first-order chi connectivity index (χ1) is 12.1. The van der Waals surface area contributed by atoms with Gasteiger partial charge in [0.15, 0.2) is 0 Å². The highest BCUT2D eigenvalue weighted by molar-refractivity contribution is 6.33. The minimum absolute atomic E-state index is 0.340. The van der Waals surface area contributed by atoms with Crippen LogP contribution in [0.1, 0.15) is 18.9 Å². The maximum Gasteiger partial charge on any atom is 0.249 e. The molecule has 25 heavy (non-hydrogen) atoms. The molecule has 130 valence electrons. The van der Waals surface area contributed by atoms with Gasteiger partial charge >= 0.3 is 0 Å². The molecule has 0 spiro atoms. The lowest BCUT2D eigenvalue weighted by atomic mass is 10.2. The van der Waals surface area contributed by atoms with Crippen molar-refractivity contribution in [2.24, 2.45) is 5.10 Å². The van der Waals surface area contributed by atoms with Crippen LogP contribution < -0.4 is 15.5 Å². The van der Waals surface area contributed by atoms with Crippen LogP contribution in [0.4, 0.5) is 5.69 Å². The summed E-state index contributed by atoms with van der Waals surface area (Å²) in [7, 11) is 0. The first-order valence-electron chi connectivity index (χ1n) is 7.67. The second kappa shape index (κ2) is 9.44. The normalized spacial score (nSPS) is 10.5. The summed E-state index contributed by atoms with van der Waals surface area (Å²) >= 11 is 5.97. The van der Waals surface area contributed by atoms with Gasteiger partial charge in [0, 0.05) is 16.3 Å². The van der Waals surface area contributed by atoms with E-state index in [4.69, 9.17) is 16.3 Å². The Bertz CT molecular complexity index is 760. The average Bonchev–Trinajstić information content (AvgIpc) is 2.58. The van der Waals surface area contributed by atoms with Crippen molar-refractivity contribution in [3.8, 4) is 5.75 Å². The van der Waals surface area contributed by atoms with E-state index in [0.29, 0.717) is 28.6 Å². The number of hydrazone groups is 1. The van der Waals surface area contributed by atoms with Crippen LogP contribution in [0.3, 0.4) is 0 Å². The lowest BCUT2D eigenvalue weighted by Gasteiger charge is -2.06. The number of ether oxygens (including phenoxy) is 1. The van der Waals surface area contributed by atoms with Gasteiger partial charge in [-0.25, -0.2) is 5.43 Å². The van der Waals surface area contributed by atoms with E-state index in [-0.39, 0.29) is 6.42 Å². The van der Waals surface area contributed by atoms with E-state index in [1.807, 2.05) is 6.92 Å². The largest absolute Gasteiger partial charge is 0.494 e. The highest BCUT2D eigenvalue weighted by atomic mass is 35.5. The summed E-state index contributed by atoms with van der Waals surface area (Å²) in [4.78, 5) is 23.6. The first-order valence-corrected chi connectivity index (χ1v) is 8.05. The molecule has 0 aliphatic rings. The van der Waals surface area contributed by atoms with E-state index in [0.717, 1.165) is 0 Å². The molecule has 0 unspecified atom stereocenters. The molecule has 0 aromatic heterocycles. The third-order valence-corrected chi connectivity index (χ3v) is 3.41. The molecule has 7 heteroatoms. The van der Waals surface area contributed by atoms with Crippen molar-refractivity contribution in [1.82, 2.24) is 5.43 Å². The standard InChI is InChI=1S/C18H18ClN3O3/c1-2-25-15-9-7-14(8-10-15)21-17(23)11-18(24)22-20-12-13-5-3-4-6-16(13)19/h3-10,12H,2,11H2,1H3,(H,21,23)(H,22,24). The molecule has 2 N–H and O–H groups in total. The van der Waals surface area contributed by atoms with Crippen LogP contribution in [0.5, 0.6) is 5.75 Å². The van der Waals surface area contributed by atoms with E-state index in [1.54, 1.807) is 48.5 Å². The number of rotatable bonds is 7. The topological polar surface area (TPSA) is 79.8 Å². The number of anilines is 1. The van der Waals surface area contributed by atoms with Crippen LogP contribution in [-0.4, -0.2) is 24.6 Å². The fourth-order valence-electron chi connectivity index (χ4n) is 1.95. The lowest BCUT2D eigenvalue weighted by Crippen LogP contribution is -2.24. The molecule has 0 bridgehead atoms. The monoisotopic (exact) mass is 359 g/mol. The van der Waals surface area contributed by atoms with Gasteiger partial charge in [0.2, 0.25) is 11.8 Å². The van der Waals surface area contributed by atoms with Crippen LogP contribution in [0.25, 0.3) is 0 Å². The molecule has 0 saturated carbocycles. The van der Waals surface area contributed by atoms with Gasteiger partial charge in [-0.05, 0) is 37.3 Å². The highest BCUT2D eigenvalue weighted by Gasteiger charge is 2.09. The number of hydrogen-bond acceptors (Lipinski definition) is 4. The summed E-state index contributed by atoms with van der Waals surface area (Å²) in [6.45, 7) is 2.46. The zero-order valence-electron chi connectivity index (χ0n) is 13.7. The second-order valence-electron chi connectivity index (χ2n) is 5.00. The van der Waals surface area contributed by atoms with Gasteiger partial charge in [0.1, 0.15) is 12.2 Å². The second-order valence-corrected chi connectivity index (χ2v) is 5.40. The Morgan fingerprint density at radius 3 is 2.52 bits per heavy atom. The summed E-state index contributed by atoms with van der Waals surface area (Å²) in [6.07, 6.45) is 1.08. The lowest BCUT2D eigenvalue weighted by molar-refractivity contribution is -0.126. The molecule has 2 amide bonds. The van der Waals surface area contributed by atoms with E-state index >= 15 is 0 Å². The minimum Gasteiger partial charge on any atom is -0.494 e. The van der Waals surface area contributed by atoms with E-state index in [9.17, 15) is 9.59 Å². The van der Waals surface area contributed by atoms with Gasteiger partial charge in [0.25, 0.3) is 0 Å². The smallest absolute Gasteiger partial charge is 0.249 e. The fraction of sp³-hybridized carbons (Fsp3) is 0.167.